The number of carbonyl (C=O) groups is 2. The molecule has 21 heavy (non-hydrogen) atoms. The van der Waals surface area contributed by atoms with Gasteiger partial charge < -0.3 is 10.2 Å². The molecule has 1 N–H and O–H groups in total. The second-order valence-electron chi connectivity index (χ2n) is 5.74. The largest absolute Gasteiger partial charge is 0.323 e. The van der Waals surface area contributed by atoms with Gasteiger partial charge >= 0.3 is 0 Å². The molecule has 2 saturated heterocycles. The Hall–Kier alpha value is -1.20. The Morgan fingerprint density at radius 1 is 1.52 bits per heavy atom. The molecule has 0 aliphatic carbocycles. The van der Waals surface area contributed by atoms with Crippen LogP contribution in [0.3, 0.4) is 0 Å². The molecule has 2 amide bonds. The molecule has 2 aliphatic rings. The van der Waals surface area contributed by atoms with Gasteiger partial charge in [0.2, 0.25) is 11.8 Å². The number of benzene rings is 1. The number of halogens is 1. The molecule has 4 nitrogen and oxygen atoms in total. The van der Waals surface area contributed by atoms with E-state index in [1.807, 2.05) is 26.0 Å². The Kier molecular flexibility index (Phi) is 3.66. The van der Waals surface area contributed by atoms with Crippen molar-refractivity contribution in [2.45, 2.75) is 37.6 Å². The van der Waals surface area contributed by atoms with Gasteiger partial charge in [-0.25, -0.2) is 0 Å². The minimum absolute atomic E-state index is 0.0673. The SMILES string of the molecule is Cc1ccc(NC(=O)C2CSC3(C)CCC(=O)N23)c(Cl)c1. The van der Waals surface area contributed by atoms with E-state index in [2.05, 4.69) is 5.32 Å². The van der Waals surface area contributed by atoms with Crippen LogP contribution in [0.2, 0.25) is 5.02 Å². The van der Waals surface area contributed by atoms with E-state index in [1.54, 1.807) is 22.7 Å². The maximum absolute atomic E-state index is 12.5. The second-order valence-corrected chi connectivity index (χ2v) is 7.65. The molecule has 1 aromatic carbocycles. The van der Waals surface area contributed by atoms with E-state index in [1.165, 1.54) is 0 Å². The molecule has 2 fully saturated rings. The van der Waals surface area contributed by atoms with Crippen LogP contribution in [0.25, 0.3) is 0 Å². The second kappa shape index (κ2) is 5.21. The number of thioether (sulfide) groups is 1. The summed E-state index contributed by atoms with van der Waals surface area (Å²) in [6, 6.07) is 5.09. The third-order valence-electron chi connectivity index (χ3n) is 4.13. The molecule has 112 valence electrons. The van der Waals surface area contributed by atoms with Gasteiger partial charge in [0, 0.05) is 12.2 Å². The number of carbonyl (C=O) groups excluding carboxylic acids is 2. The number of nitrogens with one attached hydrogen (secondary N) is 1. The molecule has 0 bridgehead atoms. The van der Waals surface area contributed by atoms with Crippen LogP contribution in [-0.2, 0) is 9.59 Å². The van der Waals surface area contributed by atoms with Gasteiger partial charge in [0.25, 0.3) is 0 Å². The summed E-state index contributed by atoms with van der Waals surface area (Å²) in [5, 5.41) is 3.37. The van der Waals surface area contributed by atoms with Crippen molar-refractivity contribution in [3.05, 3.63) is 28.8 Å². The van der Waals surface area contributed by atoms with Crippen LogP contribution < -0.4 is 5.32 Å². The quantitative estimate of drug-likeness (QED) is 0.909. The van der Waals surface area contributed by atoms with E-state index in [4.69, 9.17) is 11.6 Å². The molecule has 2 unspecified atom stereocenters. The molecular formula is C15H17ClN2O2S. The summed E-state index contributed by atoms with van der Waals surface area (Å²) in [5.74, 6) is 0.544. The van der Waals surface area contributed by atoms with Crippen molar-refractivity contribution < 1.29 is 9.59 Å². The zero-order valence-electron chi connectivity index (χ0n) is 12.0. The highest BCUT2D eigenvalue weighted by Gasteiger charge is 2.52. The minimum Gasteiger partial charge on any atom is -0.323 e. The van der Waals surface area contributed by atoms with E-state index in [9.17, 15) is 9.59 Å². The van der Waals surface area contributed by atoms with E-state index in [-0.39, 0.29) is 16.7 Å². The van der Waals surface area contributed by atoms with Crippen molar-refractivity contribution in [2.24, 2.45) is 0 Å². The third-order valence-corrected chi connectivity index (χ3v) is 5.95. The fraction of sp³-hybridized carbons (Fsp3) is 0.467. The van der Waals surface area contributed by atoms with Crippen molar-refractivity contribution in [3.63, 3.8) is 0 Å². The lowest BCUT2D eigenvalue weighted by molar-refractivity contribution is -0.135. The molecule has 2 atom stereocenters. The predicted octanol–water partition coefficient (Wildman–Crippen LogP) is 3.04. The fourth-order valence-electron chi connectivity index (χ4n) is 2.95. The number of anilines is 1. The number of aryl methyl sites for hydroxylation is 1. The highest BCUT2D eigenvalue weighted by Crippen LogP contribution is 2.47. The lowest BCUT2D eigenvalue weighted by atomic mass is 10.2. The molecule has 2 heterocycles. The van der Waals surface area contributed by atoms with Gasteiger partial charge in [0.1, 0.15) is 6.04 Å². The number of rotatable bonds is 2. The summed E-state index contributed by atoms with van der Waals surface area (Å²) in [4.78, 5) is 26.1. The number of hydrogen-bond acceptors (Lipinski definition) is 3. The Balaban J connectivity index is 1.78. The lowest BCUT2D eigenvalue weighted by Crippen LogP contribution is -2.48. The molecule has 0 spiro atoms. The topological polar surface area (TPSA) is 49.4 Å². The van der Waals surface area contributed by atoms with E-state index >= 15 is 0 Å². The molecule has 0 saturated carbocycles. The molecule has 6 heteroatoms. The van der Waals surface area contributed by atoms with E-state index in [0.717, 1.165) is 12.0 Å². The van der Waals surface area contributed by atoms with Crippen molar-refractivity contribution >= 4 is 40.9 Å². The summed E-state index contributed by atoms with van der Waals surface area (Å²) in [5.41, 5.74) is 1.63. The van der Waals surface area contributed by atoms with E-state index in [0.29, 0.717) is 22.9 Å². The Labute approximate surface area is 133 Å². The van der Waals surface area contributed by atoms with Crippen molar-refractivity contribution in [2.75, 3.05) is 11.1 Å². The summed E-state index contributed by atoms with van der Waals surface area (Å²) < 4.78 is 0. The first kappa shape index (κ1) is 14.7. The standard InChI is InChI=1S/C15H17ClN2O2S/c1-9-3-4-11(10(16)7-9)17-14(20)12-8-21-15(2)6-5-13(19)18(12)15/h3-4,7,12H,5-6,8H2,1-2H3,(H,17,20). The molecule has 0 radical (unpaired) electrons. The zero-order valence-corrected chi connectivity index (χ0v) is 13.6. The molecule has 0 aromatic heterocycles. The Morgan fingerprint density at radius 2 is 2.29 bits per heavy atom. The van der Waals surface area contributed by atoms with Crippen LogP contribution in [0.1, 0.15) is 25.3 Å². The number of hydrogen-bond donors (Lipinski definition) is 1. The van der Waals surface area contributed by atoms with E-state index < -0.39 is 6.04 Å². The maximum Gasteiger partial charge on any atom is 0.248 e. The van der Waals surface area contributed by atoms with Crippen LogP contribution in [0.4, 0.5) is 5.69 Å². The van der Waals surface area contributed by atoms with Gasteiger partial charge in [0.05, 0.1) is 15.6 Å². The third kappa shape index (κ3) is 2.53. The van der Waals surface area contributed by atoms with Crippen molar-refractivity contribution in [3.8, 4) is 0 Å². The van der Waals surface area contributed by atoms with Crippen LogP contribution in [0.5, 0.6) is 0 Å². The van der Waals surface area contributed by atoms with Gasteiger partial charge in [-0.3, -0.25) is 9.59 Å². The molecule has 2 aliphatic heterocycles. The van der Waals surface area contributed by atoms with Gasteiger partial charge in [-0.1, -0.05) is 17.7 Å². The first-order valence-corrected chi connectivity index (χ1v) is 8.30. The first-order valence-electron chi connectivity index (χ1n) is 6.94. The Morgan fingerprint density at radius 3 is 3.00 bits per heavy atom. The first-order chi connectivity index (χ1) is 9.90. The average Bonchev–Trinajstić information content (AvgIpc) is 2.90. The maximum atomic E-state index is 12.5. The van der Waals surface area contributed by atoms with Crippen LogP contribution in [-0.4, -0.2) is 33.4 Å². The van der Waals surface area contributed by atoms with Crippen LogP contribution >= 0.6 is 23.4 Å². The van der Waals surface area contributed by atoms with Crippen LogP contribution in [0, 0.1) is 6.92 Å². The van der Waals surface area contributed by atoms with Crippen LogP contribution in [0.15, 0.2) is 18.2 Å². The number of amides is 2. The highest BCUT2D eigenvalue weighted by atomic mass is 35.5. The summed E-state index contributed by atoms with van der Waals surface area (Å²) in [6.07, 6.45) is 1.34. The van der Waals surface area contributed by atoms with Crippen molar-refractivity contribution in [1.29, 1.82) is 0 Å². The smallest absolute Gasteiger partial charge is 0.248 e. The molecular weight excluding hydrogens is 308 g/mol. The minimum atomic E-state index is -0.410. The fourth-order valence-corrected chi connectivity index (χ4v) is 4.67. The van der Waals surface area contributed by atoms with Gasteiger partial charge in [-0.05, 0) is 38.0 Å². The predicted molar refractivity (Wildman–Crippen MR) is 85.5 cm³/mol. The van der Waals surface area contributed by atoms with Gasteiger partial charge in [-0.15, -0.1) is 11.8 Å². The number of nitrogens with zero attached hydrogens (tertiary/aromatic N) is 1. The number of fused-ring (bicyclic) bond motifs is 1. The summed E-state index contributed by atoms with van der Waals surface area (Å²) in [6.45, 7) is 3.98. The van der Waals surface area contributed by atoms with Gasteiger partial charge in [0.15, 0.2) is 0 Å². The lowest BCUT2D eigenvalue weighted by Gasteiger charge is -2.29. The van der Waals surface area contributed by atoms with Gasteiger partial charge in [-0.2, -0.15) is 0 Å². The Bertz CT molecular complexity index is 622. The zero-order chi connectivity index (χ0) is 15.2. The monoisotopic (exact) mass is 324 g/mol. The summed E-state index contributed by atoms with van der Waals surface area (Å²) in [7, 11) is 0. The molecule has 3 rings (SSSR count). The summed E-state index contributed by atoms with van der Waals surface area (Å²) >= 11 is 7.83. The average molecular weight is 325 g/mol. The highest BCUT2D eigenvalue weighted by molar-refractivity contribution is 8.01. The van der Waals surface area contributed by atoms with Crippen molar-refractivity contribution in [1.82, 2.24) is 4.90 Å². The molecule has 1 aromatic rings. The normalized spacial score (nSPS) is 27.9.